The quantitative estimate of drug-likeness (QED) is 0.656. The van der Waals surface area contributed by atoms with Gasteiger partial charge in [0, 0.05) is 30.8 Å². The molecule has 1 aliphatic heterocycles. The first-order chi connectivity index (χ1) is 15.2. The number of anilines is 1. The Morgan fingerprint density at radius 2 is 1.78 bits per heavy atom. The molecule has 0 aromatic heterocycles. The first kappa shape index (κ1) is 23.7. The van der Waals surface area contributed by atoms with E-state index in [9.17, 15) is 22.4 Å². The fourth-order valence-electron chi connectivity index (χ4n) is 3.46. The van der Waals surface area contributed by atoms with E-state index in [0.717, 1.165) is 12.1 Å². The summed E-state index contributed by atoms with van der Waals surface area (Å²) in [6.45, 7) is 1.92. The zero-order valence-electron chi connectivity index (χ0n) is 17.9. The number of benzene rings is 2. The first-order valence-corrected chi connectivity index (χ1v) is 11.7. The third kappa shape index (κ3) is 5.63. The molecule has 0 aliphatic carbocycles. The molecule has 10 heteroatoms. The summed E-state index contributed by atoms with van der Waals surface area (Å²) in [5.74, 6) is -0.979. The highest BCUT2D eigenvalue weighted by atomic mass is 32.2. The number of amides is 2. The average Bonchev–Trinajstić information content (AvgIpc) is 2.79. The van der Waals surface area contributed by atoms with Crippen molar-refractivity contribution in [2.24, 2.45) is 5.92 Å². The van der Waals surface area contributed by atoms with E-state index in [2.05, 4.69) is 10.6 Å². The van der Waals surface area contributed by atoms with E-state index in [-0.39, 0.29) is 29.8 Å². The predicted molar refractivity (Wildman–Crippen MR) is 117 cm³/mol. The van der Waals surface area contributed by atoms with Gasteiger partial charge >= 0.3 is 0 Å². The summed E-state index contributed by atoms with van der Waals surface area (Å²) in [4.78, 5) is 25.0. The van der Waals surface area contributed by atoms with Gasteiger partial charge in [-0.3, -0.25) is 9.59 Å². The summed E-state index contributed by atoms with van der Waals surface area (Å²) in [7, 11) is -2.22. The Balaban J connectivity index is 1.52. The van der Waals surface area contributed by atoms with E-state index >= 15 is 0 Å². The highest BCUT2D eigenvalue weighted by Gasteiger charge is 2.33. The highest BCUT2D eigenvalue weighted by molar-refractivity contribution is 7.89. The van der Waals surface area contributed by atoms with Gasteiger partial charge in [0.2, 0.25) is 21.8 Å². The van der Waals surface area contributed by atoms with E-state index in [1.807, 2.05) is 0 Å². The van der Waals surface area contributed by atoms with Crippen LogP contribution in [0.1, 0.15) is 19.8 Å². The van der Waals surface area contributed by atoms with Gasteiger partial charge in [-0.2, -0.15) is 4.31 Å². The zero-order valence-corrected chi connectivity index (χ0v) is 18.7. The van der Waals surface area contributed by atoms with E-state index < -0.39 is 27.8 Å². The van der Waals surface area contributed by atoms with Crippen molar-refractivity contribution in [3.8, 4) is 5.75 Å². The maximum Gasteiger partial charge on any atom is 0.246 e. The molecule has 0 unspecified atom stereocenters. The number of nitrogens with zero attached hydrogens (tertiary/aromatic N) is 1. The average molecular weight is 464 g/mol. The number of methoxy groups -OCH3 is 1. The van der Waals surface area contributed by atoms with Crippen molar-refractivity contribution in [1.82, 2.24) is 9.62 Å². The van der Waals surface area contributed by atoms with Crippen LogP contribution in [-0.2, 0) is 19.6 Å². The molecule has 1 heterocycles. The Hall–Kier alpha value is -2.98. The number of hydrogen-bond acceptors (Lipinski definition) is 5. The molecule has 1 fully saturated rings. The summed E-state index contributed by atoms with van der Waals surface area (Å²) >= 11 is 0. The number of rotatable bonds is 7. The van der Waals surface area contributed by atoms with Gasteiger partial charge in [-0.1, -0.05) is 6.07 Å². The summed E-state index contributed by atoms with van der Waals surface area (Å²) in [5.41, 5.74) is 0.551. The van der Waals surface area contributed by atoms with Crippen molar-refractivity contribution in [1.29, 1.82) is 0 Å². The summed E-state index contributed by atoms with van der Waals surface area (Å²) in [6.07, 6.45) is 0.660. The van der Waals surface area contributed by atoms with Crippen LogP contribution < -0.4 is 15.4 Å². The molecular formula is C22H26FN3O5S. The Bertz CT molecular complexity index is 1070. The van der Waals surface area contributed by atoms with Gasteiger partial charge in [0.1, 0.15) is 17.6 Å². The van der Waals surface area contributed by atoms with Crippen molar-refractivity contribution in [2.45, 2.75) is 30.7 Å². The number of halogens is 1. The van der Waals surface area contributed by atoms with Crippen molar-refractivity contribution < 1.29 is 27.1 Å². The normalized spacial score (nSPS) is 16.2. The number of hydrogen-bond donors (Lipinski definition) is 2. The minimum absolute atomic E-state index is 0.0182. The van der Waals surface area contributed by atoms with Crippen molar-refractivity contribution in [2.75, 3.05) is 25.5 Å². The smallest absolute Gasteiger partial charge is 0.246 e. The molecule has 2 aromatic rings. The second-order valence-corrected chi connectivity index (χ2v) is 9.52. The molecule has 1 atom stereocenters. The molecule has 172 valence electrons. The van der Waals surface area contributed by atoms with Crippen molar-refractivity contribution in [3.63, 3.8) is 0 Å². The van der Waals surface area contributed by atoms with E-state index in [1.54, 1.807) is 31.2 Å². The molecule has 8 nitrogen and oxygen atoms in total. The molecule has 0 radical (unpaired) electrons. The first-order valence-electron chi connectivity index (χ1n) is 10.2. The molecule has 0 bridgehead atoms. The molecule has 1 aliphatic rings. The lowest BCUT2D eigenvalue weighted by Gasteiger charge is -2.31. The molecule has 2 aromatic carbocycles. The van der Waals surface area contributed by atoms with Gasteiger partial charge < -0.3 is 15.4 Å². The SMILES string of the molecule is COc1cccc(NC(=O)[C@@H](C)NC(=O)C2CCN(S(=O)(=O)c3ccc(F)cc3)CC2)c1. The lowest BCUT2D eigenvalue weighted by Crippen LogP contribution is -2.47. The largest absolute Gasteiger partial charge is 0.497 e. The fourth-order valence-corrected chi connectivity index (χ4v) is 4.93. The lowest BCUT2D eigenvalue weighted by molar-refractivity contribution is -0.129. The van der Waals surface area contributed by atoms with Crippen molar-refractivity contribution >= 4 is 27.5 Å². The molecule has 0 spiro atoms. The number of sulfonamides is 1. The van der Waals surface area contributed by atoms with Crippen LogP contribution in [0.3, 0.4) is 0 Å². The van der Waals surface area contributed by atoms with Crippen LogP contribution in [0, 0.1) is 11.7 Å². The van der Waals surface area contributed by atoms with Crippen LogP contribution in [-0.4, -0.2) is 50.8 Å². The molecule has 0 saturated carbocycles. The van der Waals surface area contributed by atoms with Crippen LogP contribution in [0.15, 0.2) is 53.4 Å². The second kappa shape index (κ2) is 10.1. The molecule has 32 heavy (non-hydrogen) atoms. The number of carbonyl (C=O) groups excluding carboxylic acids is 2. The van der Waals surface area contributed by atoms with Gasteiger partial charge in [-0.15, -0.1) is 0 Å². The summed E-state index contributed by atoms with van der Waals surface area (Å²) < 4.78 is 44.9. The molecular weight excluding hydrogens is 437 g/mol. The van der Waals surface area contributed by atoms with Crippen LogP contribution in [0.5, 0.6) is 5.75 Å². The third-order valence-corrected chi connectivity index (χ3v) is 7.28. The minimum Gasteiger partial charge on any atom is -0.497 e. The predicted octanol–water partition coefficient (Wildman–Crippen LogP) is 2.38. The maximum absolute atomic E-state index is 13.1. The summed E-state index contributed by atoms with van der Waals surface area (Å²) in [5, 5.41) is 5.42. The third-order valence-electron chi connectivity index (χ3n) is 5.37. The maximum atomic E-state index is 13.1. The van der Waals surface area contributed by atoms with E-state index in [1.165, 1.54) is 23.5 Å². The molecule has 2 N–H and O–H groups in total. The molecule has 1 saturated heterocycles. The van der Waals surface area contributed by atoms with E-state index in [4.69, 9.17) is 4.74 Å². The number of piperidine rings is 1. The molecule has 2 amide bonds. The number of ether oxygens (including phenoxy) is 1. The number of nitrogens with one attached hydrogen (secondary N) is 2. The van der Waals surface area contributed by atoms with Crippen LogP contribution in [0.25, 0.3) is 0 Å². The van der Waals surface area contributed by atoms with Crippen LogP contribution in [0.4, 0.5) is 10.1 Å². The van der Waals surface area contributed by atoms with Crippen molar-refractivity contribution in [3.05, 3.63) is 54.3 Å². The van der Waals surface area contributed by atoms with Crippen LogP contribution in [0.2, 0.25) is 0 Å². The lowest BCUT2D eigenvalue weighted by atomic mass is 9.97. The van der Waals surface area contributed by atoms with Crippen LogP contribution >= 0.6 is 0 Å². The van der Waals surface area contributed by atoms with E-state index in [0.29, 0.717) is 24.3 Å². The van der Waals surface area contributed by atoms with Gasteiger partial charge in [-0.25, -0.2) is 12.8 Å². The Kier molecular flexibility index (Phi) is 7.47. The second-order valence-electron chi connectivity index (χ2n) is 7.58. The summed E-state index contributed by atoms with van der Waals surface area (Å²) in [6, 6.07) is 10.8. The van der Waals surface area contributed by atoms with Gasteiger partial charge in [0.15, 0.2) is 0 Å². The van der Waals surface area contributed by atoms with Gasteiger partial charge in [0.05, 0.1) is 12.0 Å². The van der Waals surface area contributed by atoms with Gasteiger partial charge in [0.25, 0.3) is 0 Å². The fraction of sp³-hybridized carbons (Fsp3) is 0.364. The number of carbonyl (C=O) groups is 2. The standard InChI is InChI=1S/C22H26FN3O5S/c1-15(21(27)25-18-4-3-5-19(14-18)31-2)24-22(28)16-10-12-26(13-11-16)32(29,30)20-8-6-17(23)7-9-20/h3-9,14-16H,10-13H2,1-2H3,(H,24,28)(H,25,27)/t15-/m1/s1. The Morgan fingerprint density at radius 1 is 1.12 bits per heavy atom. The zero-order chi connectivity index (χ0) is 23.3. The Morgan fingerprint density at radius 3 is 2.41 bits per heavy atom. The topological polar surface area (TPSA) is 105 Å². The highest BCUT2D eigenvalue weighted by Crippen LogP contribution is 2.24. The minimum atomic E-state index is -3.74. The Labute approximate surface area is 186 Å². The van der Waals surface area contributed by atoms with Gasteiger partial charge in [-0.05, 0) is 56.2 Å². The molecule has 3 rings (SSSR count). The monoisotopic (exact) mass is 463 g/mol.